The Kier molecular flexibility index (Phi) is 4.79. The molecule has 1 aliphatic rings. The number of nitrogens with zero attached hydrogens (tertiary/aromatic N) is 3. The first-order valence-electron chi connectivity index (χ1n) is 8.57. The van der Waals surface area contributed by atoms with Crippen LogP contribution in [-0.4, -0.2) is 23.1 Å². The van der Waals surface area contributed by atoms with Crippen LogP contribution in [0, 0.1) is 5.92 Å². The lowest BCUT2D eigenvalue weighted by atomic mass is 9.99. The molecule has 2 heterocycles. The molecule has 3 rings (SSSR count). The molecule has 1 fully saturated rings. The van der Waals surface area contributed by atoms with Crippen molar-refractivity contribution in [1.82, 2.24) is 9.97 Å². The van der Waals surface area contributed by atoms with E-state index in [1.54, 1.807) is 0 Å². The van der Waals surface area contributed by atoms with Gasteiger partial charge in [0.05, 0.1) is 0 Å². The minimum atomic E-state index is 0.546. The summed E-state index contributed by atoms with van der Waals surface area (Å²) < 4.78 is 0. The summed E-state index contributed by atoms with van der Waals surface area (Å²) in [6.45, 7) is 8.90. The standard InChI is InChI=1S/C19H26N4/c1-14(2)16-4-6-17(7-5-16)21-19-20-11-8-18(22-19)23-12-9-15(3)10-13-23/h4-8,11,14-15H,9-10,12-13H2,1-3H3,(H,20,21,22). The summed E-state index contributed by atoms with van der Waals surface area (Å²) in [4.78, 5) is 11.4. The molecule has 1 N–H and O–H groups in total. The Balaban J connectivity index is 1.70. The van der Waals surface area contributed by atoms with Crippen LogP contribution in [0.3, 0.4) is 0 Å². The van der Waals surface area contributed by atoms with E-state index in [2.05, 4.69) is 65.2 Å². The maximum atomic E-state index is 4.68. The minimum absolute atomic E-state index is 0.546. The second kappa shape index (κ2) is 6.99. The zero-order valence-corrected chi connectivity index (χ0v) is 14.3. The van der Waals surface area contributed by atoms with Crippen molar-refractivity contribution in [2.75, 3.05) is 23.3 Å². The highest BCUT2D eigenvalue weighted by Gasteiger charge is 2.17. The van der Waals surface area contributed by atoms with Crippen LogP contribution in [0.25, 0.3) is 0 Å². The van der Waals surface area contributed by atoms with Crippen molar-refractivity contribution in [3.63, 3.8) is 0 Å². The predicted molar refractivity (Wildman–Crippen MR) is 96.5 cm³/mol. The summed E-state index contributed by atoms with van der Waals surface area (Å²) in [5.74, 6) is 3.06. The number of rotatable bonds is 4. The Bertz CT molecular complexity index is 628. The van der Waals surface area contributed by atoms with Gasteiger partial charge in [0.2, 0.25) is 5.95 Å². The van der Waals surface area contributed by atoms with Gasteiger partial charge in [-0.2, -0.15) is 4.98 Å². The summed E-state index contributed by atoms with van der Waals surface area (Å²) in [5.41, 5.74) is 2.37. The molecule has 2 aromatic rings. The Morgan fingerprint density at radius 3 is 2.43 bits per heavy atom. The molecule has 4 nitrogen and oxygen atoms in total. The van der Waals surface area contributed by atoms with E-state index in [9.17, 15) is 0 Å². The average molecular weight is 310 g/mol. The molecule has 122 valence electrons. The van der Waals surface area contributed by atoms with Crippen LogP contribution in [0.1, 0.15) is 45.1 Å². The molecular formula is C19H26N4. The number of nitrogens with one attached hydrogen (secondary N) is 1. The Morgan fingerprint density at radius 1 is 1.09 bits per heavy atom. The zero-order valence-electron chi connectivity index (χ0n) is 14.3. The molecule has 1 aromatic heterocycles. The smallest absolute Gasteiger partial charge is 0.229 e. The van der Waals surface area contributed by atoms with Crippen molar-refractivity contribution in [1.29, 1.82) is 0 Å². The second-order valence-corrected chi connectivity index (χ2v) is 6.81. The van der Waals surface area contributed by atoms with E-state index in [0.717, 1.165) is 30.5 Å². The molecule has 1 aliphatic heterocycles. The van der Waals surface area contributed by atoms with Gasteiger partial charge >= 0.3 is 0 Å². The van der Waals surface area contributed by atoms with Gasteiger partial charge in [0.15, 0.2) is 0 Å². The van der Waals surface area contributed by atoms with Crippen LogP contribution in [0.5, 0.6) is 0 Å². The van der Waals surface area contributed by atoms with E-state index in [0.29, 0.717) is 11.9 Å². The summed E-state index contributed by atoms with van der Waals surface area (Å²) in [7, 11) is 0. The van der Waals surface area contributed by atoms with Crippen molar-refractivity contribution in [3.8, 4) is 0 Å². The lowest BCUT2D eigenvalue weighted by Crippen LogP contribution is -2.33. The number of benzene rings is 1. The molecule has 0 saturated carbocycles. The molecule has 1 saturated heterocycles. The maximum absolute atomic E-state index is 4.68. The van der Waals surface area contributed by atoms with Crippen molar-refractivity contribution in [2.45, 2.75) is 39.5 Å². The first-order valence-corrected chi connectivity index (χ1v) is 8.57. The van der Waals surface area contributed by atoms with Gasteiger partial charge in [0, 0.05) is 25.0 Å². The van der Waals surface area contributed by atoms with E-state index in [-0.39, 0.29) is 0 Å². The van der Waals surface area contributed by atoms with E-state index < -0.39 is 0 Å². The molecule has 0 aliphatic carbocycles. The monoisotopic (exact) mass is 310 g/mol. The third kappa shape index (κ3) is 4.01. The second-order valence-electron chi connectivity index (χ2n) is 6.81. The van der Waals surface area contributed by atoms with Crippen LogP contribution in [-0.2, 0) is 0 Å². The summed E-state index contributed by atoms with van der Waals surface area (Å²) in [6, 6.07) is 10.5. The first-order chi connectivity index (χ1) is 11.1. The molecule has 0 radical (unpaired) electrons. The Hall–Kier alpha value is -2.10. The lowest BCUT2D eigenvalue weighted by Gasteiger charge is -2.31. The summed E-state index contributed by atoms with van der Waals surface area (Å²) in [5, 5.41) is 3.31. The minimum Gasteiger partial charge on any atom is -0.356 e. The largest absolute Gasteiger partial charge is 0.356 e. The van der Waals surface area contributed by atoms with E-state index in [1.807, 2.05) is 12.3 Å². The van der Waals surface area contributed by atoms with Crippen molar-refractivity contribution in [3.05, 3.63) is 42.1 Å². The summed E-state index contributed by atoms with van der Waals surface area (Å²) in [6.07, 6.45) is 4.32. The molecule has 0 atom stereocenters. The Labute approximate surface area is 139 Å². The SMILES string of the molecule is CC1CCN(c2ccnc(Nc3ccc(C(C)C)cc3)n2)CC1. The normalized spacial score (nSPS) is 15.9. The molecule has 23 heavy (non-hydrogen) atoms. The highest BCUT2D eigenvalue weighted by Crippen LogP contribution is 2.23. The summed E-state index contributed by atoms with van der Waals surface area (Å²) >= 11 is 0. The van der Waals surface area contributed by atoms with Crippen molar-refractivity contribution in [2.24, 2.45) is 5.92 Å². The highest BCUT2D eigenvalue weighted by atomic mass is 15.2. The van der Waals surface area contributed by atoms with Crippen LogP contribution < -0.4 is 10.2 Å². The number of aromatic nitrogens is 2. The van der Waals surface area contributed by atoms with Gasteiger partial charge in [-0.15, -0.1) is 0 Å². The van der Waals surface area contributed by atoms with Gasteiger partial charge in [-0.3, -0.25) is 0 Å². The topological polar surface area (TPSA) is 41.1 Å². The molecule has 0 unspecified atom stereocenters. The van der Waals surface area contributed by atoms with Crippen molar-refractivity contribution < 1.29 is 0 Å². The fraction of sp³-hybridized carbons (Fsp3) is 0.474. The van der Waals surface area contributed by atoms with E-state index in [1.165, 1.54) is 18.4 Å². The first kappa shape index (κ1) is 15.8. The maximum Gasteiger partial charge on any atom is 0.229 e. The lowest BCUT2D eigenvalue weighted by molar-refractivity contribution is 0.436. The van der Waals surface area contributed by atoms with E-state index in [4.69, 9.17) is 0 Å². The quantitative estimate of drug-likeness (QED) is 0.897. The molecule has 4 heteroatoms. The van der Waals surface area contributed by atoms with Crippen LogP contribution in [0.2, 0.25) is 0 Å². The van der Waals surface area contributed by atoms with Crippen LogP contribution in [0.4, 0.5) is 17.5 Å². The van der Waals surface area contributed by atoms with Crippen molar-refractivity contribution >= 4 is 17.5 Å². The third-order valence-corrected chi connectivity index (χ3v) is 4.58. The highest BCUT2D eigenvalue weighted by molar-refractivity contribution is 5.55. The molecule has 0 bridgehead atoms. The van der Waals surface area contributed by atoms with Gasteiger partial charge in [0.1, 0.15) is 5.82 Å². The van der Waals surface area contributed by atoms with Gasteiger partial charge in [-0.25, -0.2) is 4.98 Å². The van der Waals surface area contributed by atoms with Crippen LogP contribution >= 0.6 is 0 Å². The van der Waals surface area contributed by atoms with E-state index >= 15 is 0 Å². The number of anilines is 3. The number of piperidine rings is 1. The number of hydrogen-bond donors (Lipinski definition) is 1. The fourth-order valence-corrected chi connectivity index (χ4v) is 2.90. The molecular weight excluding hydrogens is 284 g/mol. The molecule has 1 aromatic carbocycles. The van der Waals surface area contributed by atoms with Gasteiger partial charge in [0.25, 0.3) is 0 Å². The average Bonchev–Trinajstić information content (AvgIpc) is 2.56. The predicted octanol–water partition coefficient (Wildman–Crippen LogP) is 4.58. The Morgan fingerprint density at radius 2 is 1.78 bits per heavy atom. The fourth-order valence-electron chi connectivity index (χ4n) is 2.90. The molecule has 0 amide bonds. The third-order valence-electron chi connectivity index (χ3n) is 4.58. The van der Waals surface area contributed by atoms with Gasteiger partial charge in [-0.05, 0) is 48.4 Å². The van der Waals surface area contributed by atoms with Crippen LogP contribution in [0.15, 0.2) is 36.5 Å². The van der Waals surface area contributed by atoms with Gasteiger partial charge < -0.3 is 10.2 Å². The molecule has 0 spiro atoms. The van der Waals surface area contributed by atoms with Gasteiger partial charge in [-0.1, -0.05) is 32.9 Å². The number of hydrogen-bond acceptors (Lipinski definition) is 4. The zero-order chi connectivity index (χ0) is 16.2.